The standard InChI is InChI=1S/C14H17F2N3O/c1-3-19-14(12(20-2)8-18-19)11(17)7-9-5-4-6-10(15)13(9)16/h4-6,8,11H,3,7,17H2,1-2H3. The Morgan fingerprint density at radius 3 is 2.80 bits per heavy atom. The first-order valence-electron chi connectivity index (χ1n) is 6.36. The molecular weight excluding hydrogens is 264 g/mol. The van der Waals surface area contributed by atoms with Crippen molar-refractivity contribution in [2.75, 3.05) is 7.11 Å². The average Bonchev–Trinajstić information content (AvgIpc) is 2.86. The topological polar surface area (TPSA) is 53.1 Å². The fourth-order valence-corrected chi connectivity index (χ4v) is 2.20. The summed E-state index contributed by atoms with van der Waals surface area (Å²) in [6.07, 6.45) is 1.74. The summed E-state index contributed by atoms with van der Waals surface area (Å²) in [4.78, 5) is 0. The highest BCUT2D eigenvalue weighted by Gasteiger charge is 2.20. The quantitative estimate of drug-likeness (QED) is 0.915. The van der Waals surface area contributed by atoms with Gasteiger partial charge in [-0.15, -0.1) is 0 Å². The number of aromatic nitrogens is 2. The van der Waals surface area contributed by atoms with Crippen molar-refractivity contribution in [2.45, 2.75) is 25.9 Å². The lowest BCUT2D eigenvalue weighted by Crippen LogP contribution is -2.19. The molecule has 0 saturated heterocycles. The molecular formula is C14H17F2N3O. The largest absolute Gasteiger partial charge is 0.493 e. The maximum absolute atomic E-state index is 13.7. The average molecular weight is 281 g/mol. The summed E-state index contributed by atoms with van der Waals surface area (Å²) in [7, 11) is 1.52. The van der Waals surface area contributed by atoms with Crippen LogP contribution in [0.25, 0.3) is 0 Å². The van der Waals surface area contributed by atoms with E-state index < -0.39 is 17.7 Å². The molecule has 6 heteroatoms. The summed E-state index contributed by atoms with van der Waals surface area (Å²) < 4.78 is 33.8. The molecule has 1 heterocycles. The Morgan fingerprint density at radius 2 is 2.15 bits per heavy atom. The van der Waals surface area contributed by atoms with Crippen molar-refractivity contribution in [2.24, 2.45) is 5.73 Å². The van der Waals surface area contributed by atoms with Crippen LogP contribution in [0.1, 0.15) is 24.2 Å². The van der Waals surface area contributed by atoms with Crippen molar-refractivity contribution in [1.82, 2.24) is 9.78 Å². The van der Waals surface area contributed by atoms with Gasteiger partial charge in [0.1, 0.15) is 0 Å². The maximum atomic E-state index is 13.7. The van der Waals surface area contributed by atoms with Crippen molar-refractivity contribution < 1.29 is 13.5 Å². The third-order valence-electron chi connectivity index (χ3n) is 3.19. The number of ether oxygens (including phenoxy) is 1. The molecule has 1 unspecified atom stereocenters. The Morgan fingerprint density at radius 1 is 1.40 bits per heavy atom. The van der Waals surface area contributed by atoms with Gasteiger partial charge in [-0.1, -0.05) is 12.1 Å². The van der Waals surface area contributed by atoms with Crippen LogP contribution in [0.15, 0.2) is 24.4 Å². The molecule has 0 saturated carbocycles. The second-order valence-corrected chi connectivity index (χ2v) is 4.44. The van der Waals surface area contributed by atoms with Gasteiger partial charge in [0.15, 0.2) is 17.4 Å². The number of nitrogens with zero attached hydrogens (tertiary/aromatic N) is 2. The third kappa shape index (κ3) is 2.65. The first kappa shape index (κ1) is 14.5. The van der Waals surface area contributed by atoms with Gasteiger partial charge in [0, 0.05) is 6.54 Å². The second kappa shape index (κ2) is 6.00. The van der Waals surface area contributed by atoms with E-state index in [1.807, 2.05) is 6.92 Å². The lowest BCUT2D eigenvalue weighted by molar-refractivity contribution is 0.400. The smallest absolute Gasteiger partial charge is 0.162 e. The van der Waals surface area contributed by atoms with Crippen molar-refractivity contribution in [3.05, 3.63) is 47.3 Å². The van der Waals surface area contributed by atoms with Crippen LogP contribution < -0.4 is 10.5 Å². The molecule has 2 aromatic rings. The highest BCUT2D eigenvalue weighted by molar-refractivity contribution is 5.30. The number of aryl methyl sites for hydroxylation is 1. The first-order chi connectivity index (χ1) is 9.58. The molecule has 0 aliphatic carbocycles. The Kier molecular flexibility index (Phi) is 4.34. The van der Waals surface area contributed by atoms with E-state index in [1.54, 1.807) is 10.9 Å². The molecule has 1 aromatic carbocycles. The van der Waals surface area contributed by atoms with Crippen LogP contribution in [0.4, 0.5) is 8.78 Å². The number of halogens is 2. The zero-order valence-corrected chi connectivity index (χ0v) is 11.4. The summed E-state index contributed by atoms with van der Waals surface area (Å²) in [5.74, 6) is -1.17. The van der Waals surface area contributed by atoms with E-state index in [-0.39, 0.29) is 12.0 Å². The van der Waals surface area contributed by atoms with Crippen LogP contribution in [-0.4, -0.2) is 16.9 Å². The summed E-state index contributed by atoms with van der Waals surface area (Å²) >= 11 is 0. The highest BCUT2D eigenvalue weighted by Crippen LogP contribution is 2.27. The highest BCUT2D eigenvalue weighted by atomic mass is 19.2. The number of hydrogen-bond donors (Lipinski definition) is 1. The predicted octanol–water partition coefficient (Wildman–Crippen LogP) is 2.43. The van der Waals surface area contributed by atoms with E-state index in [0.29, 0.717) is 18.0 Å². The van der Waals surface area contributed by atoms with Crippen LogP contribution in [0.3, 0.4) is 0 Å². The van der Waals surface area contributed by atoms with Gasteiger partial charge < -0.3 is 10.5 Å². The lowest BCUT2D eigenvalue weighted by Gasteiger charge is -2.15. The van der Waals surface area contributed by atoms with Gasteiger partial charge in [-0.2, -0.15) is 5.10 Å². The van der Waals surface area contributed by atoms with Gasteiger partial charge in [-0.05, 0) is 25.0 Å². The van der Waals surface area contributed by atoms with E-state index >= 15 is 0 Å². The molecule has 2 rings (SSSR count). The molecule has 1 aromatic heterocycles. The van der Waals surface area contributed by atoms with Crippen LogP contribution in [-0.2, 0) is 13.0 Å². The van der Waals surface area contributed by atoms with Crippen LogP contribution in [0.2, 0.25) is 0 Å². The molecule has 108 valence electrons. The molecule has 0 radical (unpaired) electrons. The minimum atomic E-state index is -0.870. The van der Waals surface area contributed by atoms with E-state index in [2.05, 4.69) is 5.10 Å². The van der Waals surface area contributed by atoms with Crippen molar-refractivity contribution >= 4 is 0 Å². The molecule has 0 aliphatic heterocycles. The fraction of sp³-hybridized carbons (Fsp3) is 0.357. The number of nitrogens with two attached hydrogens (primary N) is 1. The van der Waals surface area contributed by atoms with Gasteiger partial charge in [0.2, 0.25) is 0 Å². The molecule has 1 atom stereocenters. The zero-order chi connectivity index (χ0) is 14.7. The number of hydrogen-bond acceptors (Lipinski definition) is 3. The first-order valence-corrected chi connectivity index (χ1v) is 6.36. The maximum Gasteiger partial charge on any atom is 0.162 e. The summed E-state index contributed by atoms with van der Waals surface area (Å²) in [6.45, 7) is 2.55. The summed E-state index contributed by atoms with van der Waals surface area (Å²) in [6, 6.07) is 3.55. The van der Waals surface area contributed by atoms with E-state index in [9.17, 15) is 8.78 Å². The monoisotopic (exact) mass is 281 g/mol. The molecule has 0 amide bonds. The number of methoxy groups -OCH3 is 1. The number of rotatable bonds is 5. The molecule has 0 fully saturated rings. The molecule has 2 N–H and O–H groups in total. The minimum absolute atomic E-state index is 0.172. The van der Waals surface area contributed by atoms with E-state index in [0.717, 1.165) is 6.07 Å². The van der Waals surface area contributed by atoms with Crippen LogP contribution in [0.5, 0.6) is 5.75 Å². The predicted molar refractivity (Wildman–Crippen MR) is 71.4 cm³/mol. The van der Waals surface area contributed by atoms with Crippen LogP contribution in [0, 0.1) is 11.6 Å². The van der Waals surface area contributed by atoms with Crippen molar-refractivity contribution in [3.8, 4) is 5.75 Å². The lowest BCUT2D eigenvalue weighted by atomic mass is 10.0. The Labute approximate surface area is 116 Å². The minimum Gasteiger partial charge on any atom is -0.493 e. The fourth-order valence-electron chi connectivity index (χ4n) is 2.20. The van der Waals surface area contributed by atoms with Gasteiger partial charge in [0.05, 0.1) is 25.0 Å². The molecule has 0 bridgehead atoms. The summed E-state index contributed by atoms with van der Waals surface area (Å²) in [5, 5.41) is 4.15. The van der Waals surface area contributed by atoms with Gasteiger partial charge in [-0.25, -0.2) is 8.78 Å². The number of benzene rings is 1. The van der Waals surface area contributed by atoms with Crippen molar-refractivity contribution in [1.29, 1.82) is 0 Å². The van der Waals surface area contributed by atoms with Crippen LogP contribution >= 0.6 is 0 Å². The van der Waals surface area contributed by atoms with E-state index in [4.69, 9.17) is 10.5 Å². The Bertz CT molecular complexity index is 577. The van der Waals surface area contributed by atoms with Crippen molar-refractivity contribution in [3.63, 3.8) is 0 Å². The van der Waals surface area contributed by atoms with Gasteiger partial charge >= 0.3 is 0 Å². The third-order valence-corrected chi connectivity index (χ3v) is 3.19. The molecule has 4 nitrogen and oxygen atoms in total. The normalized spacial score (nSPS) is 12.4. The van der Waals surface area contributed by atoms with Gasteiger partial charge in [0.25, 0.3) is 0 Å². The second-order valence-electron chi connectivity index (χ2n) is 4.44. The zero-order valence-electron chi connectivity index (χ0n) is 11.4. The van der Waals surface area contributed by atoms with Gasteiger partial charge in [-0.3, -0.25) is 4.68 Å². The SMILES string of the molecule is CCn1ncc(OC)c1C(N)Cc1cccc(F)c1F. The Balaban J connectivity index is 2.30. The molecule has 20 heavy (non-hydrogen) atoms. The summed E-state index contributed by atoms with van der Waals surface area (Å²) in [5.41, 5.74) is 7.03. The molecule has 0 spiro atoms. The Hall–Kier alpha value is -1.95. The molecule has 0 aliphatic rings. The van der Waals surface area contributed by atoms with E-state index in [1.165, 1.54) is 19.2 Å².